The predicted molar refractivity (Wildman–Crippen MR) is 133 cm³/mol. The van der Waals surface area contributed by atoms with Crippen molar-refractivity contribution in [2.24, 2.45) is 0 Å². The minimum absolute atomic E-state index is 0.0504. The van der Waals surface area contributed by atoms with Gasteiger partial charge in [0, 0.05) is 18.4 Å². The van der Waals surface area contributed by atoms with Crippen LogP contribution in [-0.2, 0) is 16.0 Å². The molecule has 0 N–H and O–H groups in total. The zero-order valence-electron chi connectivity index (χ0n) is 20.3. The molecule has 0 spiro atoms. The highest BCUT2D eigenvalue weighted by molar-refractivity contribution is 6.10. The SMILES string of the molecule is COC(=O)CCc1ccc(OCC[C@@H](C)Oc2ccc(C)cc2C(=O)c2ccccc2)cc1C. The number of methoxy groups -OCH3 is 1. The minimum Gasteiger partial charge on any atom is -0.493 e. The Morgan fingerprint density at radius 2 is 1.71 bits per heavy atom. The van der Waals surface area contributed by atoms with Crippen LogP contribution in [0.25, 0.3) is 0 Å². The largest absolute Gasteiger partial charge is 0.493 e. The Hall–Kier alpha value is -3.60. The Balaban J connectivity index is 1.57. The fraction of sp³-hybridized carbons (Fsp3) is 0.310. The number of aryl methyl sites for hydroxylation is 3. The lowest BCUT2D eigenvalue weighted by molar-refractivity contribution is -0.140. The third-order valence-electron chi connectivity index (χ3n) is 5.68. The molecule has 0 radical (unpaired) electrons. The molecule has 0 bridgehead atoms. The van der Waals surface area contributed by atoms with Gasteiger partial charge in [0.1, 0.15) is 11.5 Å². The second-order valence-corrected chi connectivity index (χ2v) is 8.42. The van der Waals surface area contributed by atoms with Gasteiger partial charge >= 0.3 is 5.97 Å². The highest BCUT2D eigenvalue weighted by Crippen LogP contribution is 2.25. The monoisotopic (exact) mass is 460 g/mol. The smallest absolute Gasteiger partial charge is 0.305 e. The maximum Gasteiger partial charge on any atom is 0.305 e. The van der Waals surface area contributed by atoms with Gasteiger partial charge in [-0.05, 0) is 62.6 Å². The molecule has 0 aliphatic heterocycles. The van der Waals surface area contributed by atoms with Gasteiger partial charge in [-0.2, -0.15) is 0 Å². The average molecular weight is 461 g/mol. The van der Waals surface area contributed by atoms with Crippen LogP contribution in [0.1, 0.15) is 52.4 Å². The lowest BCUT2D eigenvalue weighted by Crippen LogP contribution is -2.17. The van der Waals surface area contributed by atoms with Gasteiger partial charge in [0.25, 0.3) is 0 Å². The van der Waals surface area contributed by atoms with Crippen molar-refractivity contribution >= 4 is 11.8 Å². The lowest BCUT2D eigenvalue weighted by Gasteiger charge is -2.18. The fourth-order valence-electron chi connectivity index (χ4n) is 3.66. The molecule has 0 heterocycles. The van der Waals surface area contributed by atoms with E-state index in [9.17, 15) is 9.59 Å². The standard InChI is InChI=1S/C29H32O5/c1-20-10-14-27(26(18-20)29(31)24-8-6-5-7-9-24)34-22(3)16-17-33-25-13-11-23(21(2)19-25)12-15-28(30)32-4/h5-11,13-14,18-19,22H,12,15-17H2,1-4H3/t22-/m1/s1. The number of esters is 1. The van der Waals surface area contributed by atoms with Gasteiger partial charge in [-0.25, -0.2) is 0 Å². The first kappa shape index (κ1) is 25.0. The molecule has 0 aliphatic carbocycles. The van der Waals surface area contributed by atoms with E-state index in [1.165, 1.54) is 7.11 Å². The minimum atomic E-state index is -0.212. The summed E-state index contributed by atoms with van der Waals surface area (Å²) in [4.78, 5) is 24.4. The molecule has 1 atom stereocenters. The molecule has 0 unspecified atom stereocenters. The average Bonchev–Trinajstić information content (AvgIpc) is 2.84. The van der Waals surface area contributed by atoms with Gasteiger partial charge in [0.2, 0.25) is 0 Å². The van der Waals surface area contributed by atoms with Crippen LogP contribution < -0.4 is 9.47 Å². The van der Waals surface area contributed by atoms with Crippen molar-refractivity contribution in [3.63, 3.8) is 0 Å². The molecule has 3 rings (SSSR count). The van der Waals surface area contributed by atoms with Crippen LogP contribution in [0.5, 0.6) is 11.5 Å². The van der Waals surface area contributed by atoms with Crippen LogP contribution in [0.15, 0.2) is 66.7 Å². The summed E-state index contributed by atoms with van der Waals surface area (Å²) in [5, 5.41) is 0. The number of carbonyl (C=O) groups is 2. The highest BCUT2D eigenvalue weighted by Gasteiger charge is 2.17. The second kappa shape index (κ2) is 12.0. The Labute approximate surface area is 201 Å². The number of rotatable bonds is 11. The first-order valence-electron chi connectivity index (χ1n) is 11.5. The quantitative estimate of drug-likeness (QED) is 0.264. The highest BCUT2D eigenvalue weighted by atomic mass is 16.5. The van der Waals surface area contributed by atoms with E-state index < -0.39 is 0 Å². The molecule has 34 heavy (non-hydrogen) atoms. The van der Waals surface area contributed by atoms with E-state index in [2.05, 4.69) is 0 Å². The Kier molecular flexibility index (Phi) is 8.86. The number of ketones is 1. The maximum atomic E-state index is 13.0. The van der Waals surface area contributed by atoms with Crippen molar-refractivity contribution < 1.29 is 23.8 Å². The zero-order valence-corrected chi connectivity index (χ0v) is 20.3. The Bertz CT molecular complexity index is 1120. The van der Waals surface area contributed by atoms with Crippen LogP contribution >= 0.6 is 0 Å². The first-order chi connectivity index (χ1) is 16.4. The van der Waals surface area contributed by atoms with E-state index in [1.807, 2.05) is 87.5 Å². The molecule has 0 amide bonds. The van der Waals surface area contributed by atoms with Gasteiger partial charge < -0.3 is 14.2 Å². The number of hydrogen-bond donors (Lipinski definition) is 0. The van der Waals surface area contributed by atoms with Gasteiger partial charge in [-0.15, -0.1) is 0 Å². The molecule has 3 aromatic rings. The third-order valence-corrected chi connectivity index (χ3v) is 5.68. The summed E-state index contributed by atoms with van der Waals surface area (Å²) < 4.78 is 16.8. The second-order valence-electron chi connectivity index (χ2n) is 8.42. The Morgan fingerprint density at radius 3 is 2.41 bits per heavy atom. The van der Waals surface area contributed by atoms with Gasteiger partial charge in [0.15, 0.2) is 5.78 Å². The number of benzene rings is 3. The molecule has 3 aromatic carbocycles. The van der Waals surface area contributed by atoms with E-state index in [1.54, 1.807) is 0 Å². The molecule has 0 fully saturated rings. The summed E-state index contributed by atoms with van der Waals surface area (Å²) in [5.41, 5.74) is 4.39. The van der Waals surface area contributed by atoms with E-state index in [4.69, 9.17) is 14.2 Å². The molecule has 0 saturated carbocycles. The third kappa shape index (κ3) is 6.95. The summed E-state index contributed by atoms with van der Waals surface area (Å²) in [6.07, 6.45) is 1.53. The van der Waals surface area contributed by atoms with Crippen molar-refractivity contribution in [3.8, 4) is 11.5 Å². The van der Waals surface area contributed by atoms with E-state index in [0.29, 0.717) is 42.7 Å². The summed E-state index contributed by atoms with van der Waals surface area (Å²) in [7, 11) is 1.40. The van der Waals surface area contributed by atoms with Crippen LogP contribution in [0, 0.1) is 13.8 Å². The van der Waals surface area contributed by atoms with Crippen LogP contribution in [-0.4, -0.2) is 31.6 Å². The van der Waals surface area contributed by atoms with Crippen molar-refractivity contribution in [1.82, 2.24) is 0 Å². The normalized spacial score (nSPS) is 11.5. The fourth-order valence-corrected chi connectivity index (χ4v) is 3.66. The molecular weight excluding hydrogens is 428 g/mol. The van der Waals surface area contributed by atoms with Crippen LogP contribution in [0.2, 0.25) is 0 Å². The Morgan fingerprint density at radius 1 is 0.941 bits per heavy atom. The van der Waals surface area contributed by atoms with Crippen molar-refractivity contribution in [2.45, 2.75) is 46.1 Å². The molecule has 5 heteroatoms. The number of ether oxygens (including phenoxy) is 3. The molecule has 0 saturated heterocycles. The molecular formula is C29H32O5. The lowest BCUT2D eigenvalue weighted by atomic mass is 10.0. The summed E-state index contributed by atoms with van der Waals surface area (Å²) in [6.45, 7) is 6.43. The maximum absolute atomic E-state index is 13.0. The number of hydrogen-bond acceptors (Lipinski definition) is 5. The predicted octanol–water partition coefficient (Wildman–Crippen LogP) is 5.88. The van der Waals surface area contributed by atoms with Crippen LogP contribution in [0.4, 0.5) is 0 Å². The van der Waals surface area contributed by atoms with Crippen molar-refractivity contribution in [2.75, 3.05) is 13.7 Å². The molecule has 178 valence electrons. The summed E-state index contributed by atoms with van der Waals surface area (Å²) in [5.74, 6) is 1.10. The molecule has 0 aromatic heterocycles. The van der Waals surface area contributed by atoms with Gasteiger partial charge in [-0.3, -0.25) is 9.59 Å². The zero-order chi connectivity index (χ0) is 24.5. The van der Waals surface area contributed by atoms with E-state index in [-0.39, 0.29) is 17.9 Å². The van der Waals surface area contributed by atoms with Crippen molar-refractivity contribution in [1.29, 1.82) is 0 Å². The summed E-state index contributed by atoms with van der Waals surface area (Å²) in [6, 6.07) is 20.8. The topological polar surface area (TPSA) is 61.8 Å². The van der Waals surface area contributed by atoms with Crippen molar-refractivity contribution in [3.05, 3.63) is 94.5 Å². The molecule has 0 aliphatic rings. The number of carbonyl (C=O) groups excluding carboxylic acids is 2. The first-order valence-corrected chi connectivity index (χ1v) is 11.5. The van der Waals surface area contributed by atoms with E-state index >= 15 is 0 Å². The molecule has 5 nitrogen and oxygen atoms in total. The van der Waals surface area contributed by atoms with Crippen LogP contribution in [0.3, 0.4) is 0 Å². The van der Waals surface area contributed by atoms with E-state index in [0.717, 1.165) is 22.4 Å². The summed E-state index contributed by atoms with van der Waals surface area (Å²) >= 11 is 0. The van der Waals surface area contributed by atoms with Gasteiger partial charge in [-0.1, -0.05) is 48.0 Å². The van der Waals surface area contributed by atoms with Gasteiger partial charge in [0.05, 0.1) is 25.4 Å².